The number of benzene rings is 2. The molecule has 0 atom stereocenters. The number of hydrogen-bond donors (Lipinski definition) is 2. The molecule has 0 radical (unpaired) electrons. The maximum absolute atomic E-state index is 12.4. The van der Waals surface area contributed by atoms with Gasteiger partial charge in [-0.2, -0.15) is 0 Å². The third kappa shape index (κ3) is 4.95. The van der Waals surface area contributed by atoms with Gasteiger partial charge >= 0.3 is 0 Å². The minimum atomic E-state index is -3.74. The Morgan fingerprint density at radius 1 is 0.964 bits per heavy atom. The molecule has 0 spiro atoms. The predicted octanol–water partition coefficient (Wildman–Crippen LogP) is 3.68. The van der Waals surface area contributed by atoms with Crippen molar-refractivity contribution in [1.29, 1.82) is 0 Å². The lowest BCUT2D eigenvalue weighted by atomic mass is 10.0. The third-order valence-corrected chi connectivity index (χ3v) is 5.66. The van der Waals surface area contributed by atoms with E-state index in [4.69, 9.17) is 0 Å². The van der Waals surface area contributed by atoms with Crippen LogP contribution in [0.2, 0.25) is 0 Å². The number of nitrogens with one attached hydrogen (secondary N) is 2. The van der Waals surface area contributed by atoms with Gasteiger partial charge in [-0.15, -0.1) is 0 Å². The average Bonchev–Trinajstić information content (AvgIpc) is 2.65. The molecule has 1 amide bonds. The average molecular weight is 395 g/mol. The van der Waals surface area contributed by atoms with Crippen molar-refractivity contribution in [2.75, 3.05) is 10.0 Å². The van der Waals surface area contributed by atoms with Crippen molar-refractivity contribution in [3.05, 3.63) is 83.6 Å². The number of carbonyl (C=O) groups excluding carboxylic acids is 1. The number of nitrogens with zero attached hydrogens (tertiary/aromatic N) is 1. The van der Waals surface area contributed by atoms with E-state index in [2.05, 4.69) is 15.0 Å². The van der Waals surface area contributed by atoms with Crippen LogP contribution in [-0.4, -0.2) is 19.3 Å². The number of pyridine rings is 1. The molecule has 3 rings (SSSR count). The first-order valence-electron chi connectivity index (χ1n) is 8.73. The Balaban J connectivity index is 1.65. The smallest absolute Gasteiger partial charge is 0.263 e. The largest absolute Gasteiger partial charge is 0.326 e. The molecule has 0 unspecified atom stereocenters. The lowest BCUT2D eigenvalue weighted by molar-refractivity contribution is -0.115. The minimum absolute atomic E-state index is 0.0883. The molecular formula is C21H21N3O3S. The van der Waals surface area contributed by atoms with Crippen LogP contribution in [0.1, 0.15) is 16.7 Å². The van der Waals surface area contributed by atoms with Gasteiger partial charge in [0.25, 0.3) is 10.0 Å². The van der Waals surface area contributed by atoms with Gasteiger partial charge in [0.15, 0.2) is 0 Å². The Labute approximate surface area is 164 Å². The number of sulfonamides is 1. The summed E-state index contributed by atoms with van der Waals surface area (Å²) in [4.78, 5) is 16.3. The molecule has 1 aromatic heterocycles. The first-order chi connectivity index (χ1) is 13.3. The van der Waals surface area contributed by atoms with Gasteiger partial charge in [-0.05, 0) is 66.9 Å². The number of aromatic nitrogens is 1. The summed E-state index contributed by atoms with van der Waals surface area (Å²) in [6.45, 7) is 4.03. The van der Waals surface area contributed by atoms with Crippen molar-refractivity contribution in [3.63, 3.8) is 0 Å². The SMILES string of the molecule is Cc1ccc(CC(=O)Nc2ccc(S(=O)(=O)Nc3ccccn3)cc2)cc1C. The van der Waals surface area contributed by atoms with E-state index in [1.54, 1.807) is 30.3 Å². The summed E-state index contributed by atoms with van der Waals surface area (Å²) < 4.78 is 27.2. The summed E-state index contributed by atoms with van der Waals surface area (Å²) in [6.07, 6.45) is 1.76. The third-order valence-electron chi connectivity index (χ3n) is 4.29. The zero-order valence-electron chi connectivity index (χ0n) is 15.6. The van der Waals surface area contributed by atoms with Crippen LogP contribution < -0.4 is 10.0 Å². The maximum Gasteiger partial charge on any atom is 0.263 e. The van der Waals surface area contributed by atoms with Gasteiger partial charge in [0.2, 0.25) is 5.91 Å². The molecule has 28 heavy (non-hydrogen) atoms. The Bertz CT molecular complexity index is 1080. The van der Waals surface area contributed by atoms with Crippen LogP contribution in [0.15, 0.2) is 71.8 Å². The molecule has 0 saturated heterocycles. The molecule has 0 bridgehead atoms. The van der Waals surface area contributed by atoms with Gasteiger partial charge in [0.05, 0.1) is 11.3 Å². The molecule has 0 aliphatic heterocycles. The number of hydrogen-bond acceptors (Lipinski definition) is 4. The van der Waals surface area contributed by atoms with Gasteiger partial charge in [0, 0.05) is 11.9 Å². The Kier molecular flexibility index (Phi) is 5.75. The molecule has 7 heteroatoms. The fraction of sp³-hybridized carbons (Fsp3) is 0.143. The fourth-order valence-corrected chi connectivity index (χ4v) is 3.65. The second-order valence-corrected chi connectivity index (χ2v) is 8.17. The van der Waals surface area contributed by atoms with Crippen LogP contribution >= 0.6 is 0 Å². The number of amides is 1. The molecule has 1 heterocycles. The van der Waals surface area contributed by atoms with E-state index in [1.165, 1.54) is 23.9 Å². The first-order valence-corrected chi connectivity index (χ1v) is 10.2. The second kappa shape index (κ2) is 8.22. The van der Waals surface area contributed by atoms with Crippen molar-refractivity contribution in [2.45, 2.75) is 25.2 Å². The van der Waals surface area contributed by atoms with Crippen LogP contribution in [0.4, 0.5) is 11.5 Å². The van der Waals surface area contributed by atoms with E-state index in [0.29, 0.717) is 5.69 Å². The van der Waals surface area contributed by atoms with Gasteiger partial charge in [0.1, 0.15) is 5.82 Å². The Morgan fingerprint density at radius 2 is 1.71 bits per heavy atom. The lowest BCUT2D eigenvalue weighted by Gasteiger charge is -2.09. The van der Waals surface area contributed by atoms with Crippen LogP contribution in [0.3, 0.4) is 0 Å². The number of carbonyl (C=O) groups is 1. The van der Waals surface area contributed by atoms with E-state index in [9.17, 15) is 13.2 Å². The molecule has 144 valence electrons. The molecule has 0 aliphatic carbocycles. The molecule has 2 N–H and O–H groups in total. The van der Waals surface area contributed by atoms with Gasteiger partial charge in [-0.25, -0.2) is 13.4 Å². The van der Waals surface area contributed by atoms with Crippen LogP contribution in [0.25, 0.3) is 0 Å². The summed E-state index contributed by atoms with van der Waals surface area (Å²) in [5, 5.41) is 2.79. The number of rotatable bonds is 6. The van der Waals surface area contributed by atoms with Crippen LogP contribution in [0, 0.1) is 13.8 Å². The van der Waals surface area contributed by atoms with Crippen molar-refractivity contribution >= 4 is 27.4 Å². The molecule has 6 nitrogen and oxygen atoms in total. The number of anilines is 2. The minimum Gasteiger partial charge on any atom is -0.326 e. The highest BCUT2D eigenvalue weighted by Crippen LogP contribution is 2.17. The summed E-state index contributed by atoms with van der Waals surface area (Å²) in [7, 11) is -3.74. The van der Waals surface area contributed by atoms with E-state index >= 15 is 0 Å². The molecule has 0 aliphatic rings. The van der Waals surface area contributed by atoms with E-state index in [-0.39, 0.29) is 23.0 Å². The summed E-state index contributed by atoms with van der Waals surface area (Å²) in [6, 6.07) is 16.9. The van der Waals surface area contributed by atoms with Gasteiger partial charge in [-0.3, -0.25) is 9.52 Å². The van der Waals surface area contributed by atoms with E-state index in [0.717, 1.165) is 11.1 Å². The monoisotopic (exact) mass is 395 g/mol. The summed E-state index contributed by atoms with van der Waals surface area (Å²) in [5.41, 5.74) is 3.78. The Morgan fingerprint density at radius 3 is 2.36 bits per heavy atom. The van der Waals surface area contributed by atoms with E-state index in [1.807, 2.05) is 32.0 Å². The highest BCUT2D eigenvalue weighted by Gasteiger charge is 2.15. The highest BCUT2D eigenvalue weighted by atomic mass is 32.2. The summed E-state index contributed by atoms with van der Waals surface area (Å²) in [5.74, 6) is 0.0822. The molecular weight excluding hydrogens is 374 g/mol. The zero-order valence-corrected chi connectivity index (χ0v) is 16.5. The van der Waals surface area contributed by atoms with Crippen molar-refractivity contribution < 1.29 is 13.2 Å². The predicted molar refractivity (Wildman–Crippen MR) is 110 cm³/mol. The quantitative estimate of drug-likeness (QED) is 0.666. The van der Waals surface area contributed by atoms with Crippen molar-refractivity contribution in [1.82, 2.24) is 4.98 Å². The van der Waals surface area contributed by atoms with Gasteiger partial charge < -0.3 is 5.32 Å². The standard InChI is InChI=1S/C21H21N3O3S/c1-15-6-7-17(13-16(15)2)14-21(25)23-18-8-10-19(11-9-18)28(26,27)24-20-5-3-4-12-22-20/h3-13H,14H2,1-2H3,(H,22,24)(H,23,25). The topological polar surface area (TPSA) is 88.2 Å². The highest BCUT2D eigenvalue weighted by molar-refractivity contribution is 7.92. The van der Waals surface area contributed by atoms with Crippen molar-refractivity contribution in [3.8, 4) is 0 Å². The summed E-state index contributed by atoms with van der Waals surface area (Å²) >= 11 is 0. The fourth-order valence-electron chi connectivity index (χ4n) is 2.64. The molecule has 0 saturated carbocycles. The van der Waals surface area contributed by atoms with Crippen LogP contribution in [0.5, 0.6) is 0 Å². The second-order valence-electron chi connectivity index (χ2n) is 6.49. The van der Waals surface area contributed by atoms with Crippen molar-refractivity contribution in [2.24, 2.45) is 0 Å². The van der Waals surface area contributed by atoms with Crippen LogP contribution in [-0.2, 0) is 21.2 Å². The van der Waals surface area contributed by atoms with Gasteiger partial charge in [-0.1, -0.05) is 24.3 Å². The maximum atomic E-state index is 12.4. The van der Waals surface area contributed by atoms with E-state index < -0.39 is 10.0 Å². The molecule has 3 aromatic rings. The normalized spacial score (nSPS) is 11.1. The first kappa shape index (κ1) is 19.6. The Hall–Kier alpha value is -3.19. The molecule has 0 fully saturated rings. The zero-order chi connectivity index (χ0) is 20.1. The molecule has 2 aromatic carbocycles. The lowest BCUT2D eigenvalue weighted by Crippen LogP contribution is -2.16. The number of aryl methyl sites for hydroxylation is 2.